The number of benzene rings is 1. The number of carbonyl (C=O) groups is 1. The molecule has 2 aliphatic rings. The van der Waals surface area contributed by atoms with E-state index in [-0.39, 0.29) is 41.9 Å². The monoisotopic (exact) mass is 364 g/mol. The molecule has 0 bridgehead atoms. The van der Waals surface area contributed by atoms with Gasteiger partial charge in [0.1, 0.15) is 5.75 Å². The highest BCUT2D eigenvalue weighted by atomic mass is 35.5. The Hall–Kier alpha value is -1.47. The minimum atomic E-state index is -4.73. The van der Waals surface area contributed by atoms with E-state index in [1.165, 1.54) is 12.1 Å². The first kappa shape index (κ1) is 18.9. The zero-order valence-corrected chi connectivity index (χ0v) is 13.8. The summed E-state index contributed by atoms with van der Waals surface area (Å²) < 4.78 is 41.5. The van der Waals surface area contributed by atoms with Crippen LogP contribution in [0.3, 0.4) is 0 Å². The number of hydrogen-bond donors (Lipinski definition) is 2. The Kier molecular flexibility index (Phi) is 5.98. The van der Waals surface area contributed by atoms with Crippen LogP contribution in [0.5, 0.6) is 5.75 Å². The van der Waals surface area contributed by atoms with Crippen molar-refractivity contribution in [3.63, 3.8) is 0 Å². The fourth-order valence-electron chi connectivity index (χ4n) is 3.12. The molecule has 1 saturated heterocycles. The lowest BCUT2D eigenvalue weighted by Gasteiger charge is -2.23. The lowest BCUT2D eigenvalue weighted by atomic mass is 10.1. The van der Waals surface area contributed by atoms with Gasteiger partial charge in [-0.2, -0.15) is 0 Å². The van der Waals surface area contributed by atoms with Gasteiger partial charge >= 0.3 is 6.36 Å². The Morgan fingerprint density at radius 2 is 2.04 bits per heavy atom. The van der Waals surface area contributed by atoms with Crippen LogP contribution < -0.4 is 15.4 Å². The van der Waals surface area contributed by atoms with E-state index in [9.17, 15) is 18.0 Å². The molecule has 2 unspecified atom stereocenters. The summed E-state index contributed by atoms with van der Waals surface area (Å²) in [6.07, 6.45) is -2.22. The molecule has 0 aromatic heterocycles. The Labute approximate surface area is 144 Å². The second-order valence-electron chi connectivity index (χ2n) is 6.09. The summed E-state index contributed by atoms with van der Waals surface area (Å²) in [7, 11) is 0. The van der Waals surface area contributed by atoms with Crippen LogP contribution in [0.15, 0.2) is 24.3 Å². The molecular formula is C16H20ClF3N2O2. The van der Waals surface area contributed by atoms with E-state index in [0.29, 0.717) is 12.0 Å². The number of alkyl halides is 3. The molecule has 1 aliphatic heterocycles. The molecule has 3 atom stereocenters. The summed E-state index contributed by atoms with van der Waals surface area (Å²) in [5.41, 5.74) is 0.451. The predicted molar refractivity (Wildman–Crippen MR) is 85.3 cm³/mol. The van der Waals surface area contributed by atoms with Gasteiger partial charge in [-0.05, 0) is 43.4 Å². The van der Waals surface area contributed by atoms with Crippen LogP contribution in [0.25, 0.3) is 0 Å². The number of ether oxygens (including phenoxy) is 1. The van der Waals surface area contributed by atoms with Crippen LogP contribution in [0.1, 0.15) is 30.7 Å². The molecule has 0 spiro atoms. The number of amides is 1. The molecule has 24 heavy (non-hydrogen) atoms. The lowest BCUT2D eigenvalue weighted by molar-refractivity contribution is -0.274. The lowest BCUT2D eigenvalue weighted by Crippen LogP contribution is -2.46. The molecule has 1 aromatic rings. The van der Waals surface area contributed by atoms with Crippen molar-refractivity contribution in [3.8, 4) is 5.75 Å². The molecule has 2 N–H and O–H groups in total. The molecule has 8 heteroatoms. The van der Waals surface area contributed by atoms with Gasteiger partial charge in [-0.1, -0.05) is 18.2 Å². The normalized spacial score (nSPS) is 26.2. The van der Waals surface area contributed by atoms with Gasteiger partial charge < -0.3 is 15.4 Å². The molecule has 1 heterocycles. The van der Waals surface area contributed by atoms with E-state index in [1.54, 1.807) is 12.1 Å². The Bertz CT molecular complexity index is 577. The standard InChI is InChI=1S/C16H19F3N2O2.ClH/c17-16(18,19)23-14-6-2-1-5-11(14)12-8-13(12)15(22)21-10-4-3-7-20-9-10;/h1-2,5-6,10,12-13,20H,3-4,7-9H2,(H,21,22);1H/t10-,12?,13?;/m0./s1. The molecule has 4 nitrogen and oxygen atoms in total. The number of para-hydroxylation sites is 1. The van der Waals surface area contributed by atoms with Gasteiger partial charge in [0, 0.05) is 18.5 Å². The van der Waals surface area contributed by atoms with E-state index >= 15 is 0 Å². The molecule has 1 aliphatic carbocycles. The van der Waals surface area contributed by atoms with Gasteiger partial charge in [-0.3, -0.25) is 4.79 Å². The van der Waals surface area contributed by atoms with E-state index in [2.05, 4.69) is 15.4 Å². The zero-order valence-electron chi connectivity index (χ0n) is 12.9. The largest absolute Gasteiger partial charge is 0.573 e. The summed E-state index contributed by atoms with van der Waals surface area (Å²) in [6.45, 7) is 1.71. The molecule has 1 aromatic carbocycles. The highest BCUT2D eigenvalue weighted by Gasteiger charge is 2.46. The smallest absolute Gasteiger partial charge is 0.405 e. The average molecular weight is 365 g/mol. The quantitative estimate of drug-likeness (QED) is 0.863. The number of piperidine rings is 1. The van der Waals surface area contributed by atoms with Crippen molar-refractivity contribution >= 4 is 18.3 Å². The van der Waals surface area contributed by atoms with Gasteiger partial charge in [-0.25, -0.2) is 0 Å². The summed E-state index contributed by atoms with van der Waals surface area (Å²) in [4.78, 5) is 12.3. The van der Waals surface area contributed by atoms with Gasteiger partial charge in [0.25, 0.3) is 0 Å². The van der Waals surface area contributed by atoms with E-state index in [0.717, 1.165) is 25.9 Å². The topological polar surface area (TPSA) is 50.4 Å². The number of carbonyl (C=O) groups excluding carboxylic acids is 1. The van der Waals surface area contributed by atoms with Crippen LogP contribution in [0, 0.1) is 5.92 Å². The third-order valence-corrected chi connectivity index (χ3v) is 4.31. The van der Waals surface area contributed by atoms with Crippen molar-refractivity contribution in [3.05, 3.63) is 29.8 Å². The molecule has 134 valence electrons. The molecular weight excluding hydrogens is 345 g/mol. The molecule has 1 saturated carbocycles. The van der Waals surface area contributed by atoms with E-state index < -0.39 is 6.36 Å². The van der Waals surface area contributed by atoms with Gasteiger partial charge in [0.2, 0.25) is 5.91 Å². The number of hydrogen-bond acceptors (Lipinski definition) is 3. The SMILES string of the molecule is Cl.O=C(N[C@H]1CCCNC1)C1CC1c1ccccc1OC(F)(F)F. The highest BCUT2D eigenvalue weighted by Crippen LogP contribution is 2.51. The zero-order chi connectivity index (χ0) is 16.4. The Balaban J connectivity index is 0.00000208. The van der Waals surface area contributed by atoms with Crippen LogP contribution in [0.4, 0.5) is 13.2 Å². The first-order valence-electron chi connectivity index (χ1n) is 7.80. The van der Waals surface area contributed by atoms with E-state index in [4.69, 9.17) is 0 Å². The molecule has 1 amide bonds. The summed E-state index contributed by atoms with van der Waals surface area (Å²) in [5.74, 6) is -0.759. The maximum absolute atomic E-state index is 12.5. The predicted octanol–water partition coefficient (Wildman–Crippen LogP) is 2.98. The molecule has 3 rings (SSSR count). The van der Waals surface area contributed by atoms with Gasteiger partial charge in [-0.15, -0.1) is 25.6 Å². The molecule has 0 radical (unpaired) electrons. The second kappa shape index (κ2) is 7.61. The fraction of sp³-hybridized carbons (Fsp3) is 0.562. The Morgan fingerprint density at radius 1 is 1.29 bits per heavy atom. The van der Waals surface area contributed by atoms with Crippen LogP contribution >= 0.6 is 12.4 Å². The fourth-order valence-corrected chi connectivity index (χ4v) is 3.12. The molecule has 2 fully saturated rings. The average Bonchev–Trinajstić information content (AvgIpc) is 3.28. The van der Waals surface area contributed by atoms with Gasteiger partial charge in [0.05, 0.1) is 0 Å². The van der Waals surface area contributed by atoms with Crippen molar-refractivity contribution in [2.45, 2.75) is 37.6 Å². The minimum Gasteiger partial charge on any atom is -0.405 e. The Morgan fingerprint density at radius 3 is 2.71 bits per heavy atom. The third-order valence-electron chi connectivity index (χ3n) is 4.31. The first-order chi connectivity index (χ1) is 10.9. The first-order valence-corrected chi connectivity index (χ1v) is 7.80. The van der Waals surface area contributed by atoms with Crippen LogP contribution in [-0.4, -0.2) is 31.4 Å². The van der Waals surface area contributed by atoms with Crippen LogP contribution in [-0.2, 0) is 4.79 Å². The number of nitrogens with one attached hydrogen (secondary N) is 2. The van der Waals surface area contributed by atoms with Gasteiger partial charge in [0.15, 0.2) is 0 Å². The summed E-state index contributed by atoms with van der Waals surface area (Å²) >= 11 is 0. The van der Waals surface area contributed by atoms with Crippen molar-refractivity contribution in [1.82, 2.24) is 10.6 Å². The van der Waals surface area contributed by atoms with Crippen molar-refractivity contribution in [1.29, 1.82) is 0 Å². The van der Waals surface area contributed by atoms with Crippen molar-refractivity contribution in [2.75, 3.05) is 13.1 Å². The van der Waals surface area contributed by atoms with Crippen molar-refractivity contribution < 1.29 is 22.7 Å². The van der Waals surface area contributed by atoms with Crippen LogP contribution in [0.2, 0.25) is 0 Å². The number of rotatable bonds is 4. The summed E-state index contributed by atoms with van der Waals surface area (Å²) in [6, 6.07) is 6.16. The summed E-state index contributed by atoms with van der Waals surface area (Å²) in [5, 5.41) is 6.20. The minimum absolute atomic E-state index is 0. The third kappa shape index (κ3) is 4.77. The highest BCUT2D eigenvalue weighted by molar-refractivity contribution is 5.85. The van der Waals surface area contributed by atoms with Crippen molar-refractivity contribution in [2.24, 2.45) is 5.92 Å². The maximum atomic E-state index is 12.5. The maximum Gasteiger partial charge on any atom is 0.573 e. The second-order valence-corrected chi connectivity index (χ2v) is 6.09. The number of halogens is 4. The van der Waals surface area contributed by atoms with E-state index in [1.807, 2.05) is 0 Å².